The minimum absolute atomic E-state index is 0.0228. The van der Waals surface area contributed by atoms with E-state index in [-0.39, 0.29) is 5.91 Å². The van der Waals surface area contributed by atoms with Gasteiger partial charge in [-0.25, -0.2) is 0 Å². The molecule has 0 aliphatic carbocycles. The molecule has 1 N–H and O–H groups in total. The first-order valence-corrected chi connectivity index (χ1v) is 7.47. The normalized spacial score (nSPS) is 8.35. The maximum absolute atomic E-state index is 11.4. The van der Waals surface area contributed by atoms with Crippen LogP contribution >= 0.6 is 22.9 Å². The number of amides is 1. The highest BCUT2D eigenvalue weighted by Gasteiger charge is 2.06. The monoisotopic (exact) mass is 277 g/mol. The number of rotatable bonds is 4. The van der Waals surface area contributed by atoms with E-state index in [4.69, 9.17) is 11.6 Å². The summed E-state index contributed by atoms with van der Waals surface area (Å²) in [6.45, 7) is 10.8. The molecule has 0 saturated carbocycles. The second-order valence-electron chi connectivity index (χ2n) is 2.71. The van der Waals surface area contributed by atoms with Crippen LogP contribution in [-0.4, -0.2) is 12.5 Å². The summed E-state index contributed by atoms with van der Waals surface area (Å²) in [6, 6.07) is 3.48. The molecule has 1 aromatic heterocycles. The standard InChI is InChI=1S/C9H12ClNOS.2C2H6/c1-2-3-6-11-9(12)7-4-5-8(10)13-7;2*1-2/h4-5H,2-3,6H2,1H3,(H,11,12);2*1-2H3. The van der Waals surface area contributed by atoms with Gasteiger partial charge in [-0.05, 0) is 18.6 Å². The summed E-state index contributed by atoms with van der Waals surface area (Å²) < 4.78 is 0.653. The number of thiophene rings is 1. The number of unbranched alkanes of at least 4 members (excludes halogenated alkanes) is 1. The molecule has 0 aliphatic heterocycles. The Morgan fingerprint density at radius 2 is 1.88 bits per heavy atom. The van der Waals surface area contributed by atoms with Gasteiger partial charge in [-0.2, -0.15) is 0 Å². The zero-order valence-electron chi connectivity index (χ0n) is 11.5. The van der Waals surface area contributed by atoms with Crippen LogP contribution in [0.4, 0.5) is 0 Å². The predicted molar refractivity (Wildman–Crippen MR) is 79.3 cm³/mol. The number of hydrogen-bond donors (Lipinski definition) is 1. The van der Waals surface area contributed by atoms with Crippen molar-refractivity contribution in [1.29, 1.82) is 0 Å². The van der Waals surface area contributed by atoms with Gasteiger partial charge in [0.1, 0.15) is 0 Å². The first kappa shape index (κ1) is 18.8. The van der Waals surface area contributed by atoms with Gasteiger partial charge in [0.15, 0.2) is 0 Å². The first-order valence-electron chi connectivity index (χ1n) is 6.27. The number of hydrogen-bond acceptors (Lipinski definition) is 2. The van der Waals surface area contributed by atoms with Crippen LogP contribution in [0.5, 0.6) is 0 Å². The van der Waals surface area contributed by atoms with E-state index in [1.807, 2.05) is 27.7 Å². The van der Waals surface area contributed by atoms with E-state index in [9.17, 15) is 4.79 Å². The first-order chi connectivity index (χ1) is 8.24. The van der Waals surface area contributed by atoms with Crippen molar-refractivity contribution in [3.05, 3.63) is 21.3 Å². The van der Waals surface area contributed by atoms with Gasteiger partial charge in [0, 0.05) is 6.54 Å². The Bertz CT molecular complexity index is 287. The Morgan fingerprint density at radius 3 is 2.29 bits per heavy atom. The van der Waals surface area contributed by atoms with Gasteiger partial charge in [-0.15, -0.1) is 11.3 Å². The molecular formula is C13H24ClNOS. The van der Waals surface area contributed by atoms with Gasteiger partial charge in [-0.1, -0.05) is 52.6 Å². The van der Waals surface area contributed by atoms with Crippen LogP contribution in [0.2, 0.25) is 4.34 Å². The minimum atomic E-state index is -0.0228. The third-order valence-electron chi connectivity index (χ3n) is 1.61. The molecule has 0 radical (unpaired) electrons. The summed E-state index contributed by atoms with van der Waals surface area (Å²) in [6.07, 6.45) is 2.11. The summed E-state index contributed by atoms with van der Waals surface area (Å²) in [7, 11) is 0. The molecule has 1 rings (SSSR count). The molecule has 0 bridgehead atoms. The molecule has 4 heteroatoms. The quantitative estimate of drug-likeness (QED) is 0.773. The van der Waals surface area contributed by atoms with Gasteiger partial charge < -0.3 is 5.32 Å². The Hall–Kier alpha value is -0.540. The van der Waals surface area contributed by atoms with Crippen molar-refractivity contribution in [1.82, 2.24) is 5.32 Å². The lowest BCUT2D eigenvalue weighted by Crippen LogP contribution is -2.23. The van der Waals surface area contributed by atoms with Crippen LogP contribution in [0.3, 0.4) is 0 Å². The predicted octanol–water partition coefficient (Wildman–Crippen LogP) is 4.98. The Kier molecular flexibility index (Phi) is 15.0. The van der Waals surface area contributed by atoms with Crippen molar-refractivity contribution >= 4 is 28.8 Å². The summed E-state index contributed by atoms with van der Waals surface area (Å²) >= 11 is 7.01. The van der Waals surface area contributed by atoms with Gasteiger partial charge >= 0.3 is 0 Å². The molecule has 100 valence electrons. The van der Waals surface area contributed by atoms with Crippen LogP contribution < -0.4 is 5.32 Å². The van der Waals surface area contributed by atoms with E-state index in [1.54, 1.807) is 12.1 Å². The summed E-state index contributed by atoms with van der Waals surface area (Å²) in [5.74, 6) is -0.0228. The van der Waals surface area contributed by atoms with Gasteiger partial charge in [-0.3, -0.25) is 4.79 Å². The Morgan fingerprint density at radius 1 is 1.29 bits per heavy atom. The Balaban J connectivity index is 0. The third-order valence-corrected chi connectivity index (χ3v) is 2.84. The highest BCUT2D eigenvalue weighted by molar-refractivity contribution is 7.17. The summed E-state index contributed by atoms with van der Waals surface area (Å²) in [4.78, 5) is 12.1. The van der Waals surface area contributed by atoms with E-state index in [1.165, 1.54) is 11.3 Å². The number of carbonyl (C=O) groups is 1. The van der Waals surface area contributed by atoms with E-state index in [0.717, 1.165) is 19.4 Å². The van der Waals surface area contributed by atoms with Crippen LogP contribution in [0, 0.1) is 0 Å². The number of nitrogens with one attached hydrogen (secondary N) is 1. The van der Waals surface area contributed by atoms with E-state index >= 15 is 0 Å². The van der Waals surface area contributed by atoms with Crippen molar-refractivity contribution in [3.8, 4) is 0 Å². The fourth-order valence-electron chi connectivity index (χ4n) is 0.902. The molecule has 0 atom stereocenters. The number of carbonyl (C=O) groups excluding carboxylic acids is 1. The average Bonchev–Trinajstić information content (AvgIpc) is 2.81. The lowest BCUT2D eigenvalue weighted by molar-refractivity contribution is 0.0957. The smallest absolute Gasteiger partial charge is 0.261 e. The molecule has 1 amide bonds. The molecule has 1 heterocycles. The molecule has 0 aromatic carbocycles. The van der Waals surface area contributed by atoms with Crippen molar-refractivity contribution < 1.29 is 4.79 Å². The molecule has 0 unspecified atom stereocenters. The van der Waals surface area contributed by atoms with E-state index < -0.39 is 0 Å². The second kappa shape index (κ2) is 13.5. The molecule has 0 saturated heterocycles. The number of halogens is 1. The van der Waals surface area contributed by atoms with Crippen LogP contribution in [0.1, 0.15) is 57.1 Å². The van der Waals surface area contributed by atoms with Gasteiger partial charge in [0.2, 0.25) is 0 Å². The summed E-state index contributed by atoms with van der Waals surface area (Å²) in [5, 5.41) is 2.83. The molecule has 0 spiro atoms. The molecule has 0 fully saturated rings. The molecule has 1 aromatic rings. The largest absolute Gasteiger partial charge is 0.351 e. The molecular weight excluding hydrogens is 254 g/mol. The zero-order chi connectivity index (χ0) is 13.7. The second-order valence-corrected chi connectivity index (χ2v) is 4.43. The molecule has 17 heavy (non-hydrogen) atoms. The zero-order valence-corrected chi connectivity index (χ0v) is 13.0. The maximum atomic E-state index is 11.4. The highest BCUT2D eigenvalue weighted by atomic mass is 35.5. The van der Waals surface area contributed by atoms with Crippen molar-refractivity contribution in [2.24, 2.45) is 0 Å². The fourth-order valence-corrected chi connectivity index (χ4v) is 1.86. The van der Waals surface area contributed by atoms with Gasteiger partial charge in [0.05, 0.1) is 9.21 Å². The van der Waals surface area contributed by atoms with Crippen molar-refractivity contribution in [2.45, 2.75) is 47.5 Å². The van der Waals surface area contributed by atoms with Crippen LogP contribution in [-0.2, 0) is 0 Å². The van der Waals surface area contributed by atoms with Crippen molar-refractivity contribution in [2.75, 3.05) is 6.54 Å². The molecule has 2 nitrogen and oxygen atoms in total. The SMILES string of the molecule is CC.CC.CCCCNC(=O)c1ccc(Cl)s1. The van der Waals surface area contributed by atoms with Crippen molar-refractivity contribution in [3.63, 3.8) is 0 Å². The Labute approximate surface area is 114 Å². The third kappa shape index (κ3) is 9.19. The van der Waals surface area contributed by atoms with Crippen LogP contribution in [0.15, 0.2) is 12.1 Å². The van der Waals surface area contributed by atoms with Crippen LogP contribution in [0.25, 0.3) is 0 Å². The minimum Gasteiger partial charge on any atom is -0.351 e. The highest BCUT2D eigenvalue weighted by Crippen LogP contribution is 2.20. The maximum Gasteiger partial charge on any atom is 0.261 e. The van der Waals surface area contributed by atoms with Gasteiger partial charge in [0.25, 0.3) is 5.91 Å². The lowest BCUT2D eigenvalue weighted by atomic mass is 10.3. The average molecular weight is 278 g/mol. The van der Waals surface area contributed by atoms with E-state index in [0.29, 0.717) is 9.21 Å². The fraction of sp³-hybridized carbons (Fsp3) is 0.615. The summed E-state index contributed by atoms with van der Waals surface area (Å²) in [5.41, 5.74) is 0. The lowest BCUT2D eigenvalue weighted by Gasteiger charge is -2.00. The van der Waals surface area contributed by atoms with E-state index in [2.05, 4.69) is 12.2 Å². The molecule has 0 aliphatic rings. The topological polar surface area (TPSA) is 29.1 Å².